The number of hydrogen-bond donors (Lipinski definition) is 1. The minimum absolute atomic E-state index is 0.0609. The molecule has 3 aliphatic rings. The van der Waals surface area contributed by atoms with E-state index >= 15 is 0 Å². The first kappa shape index (κ1) is 15.0. The second-order valence-electron chi connectivity index (χ2n) is 6.43. The van der Waals surface area contributed by atoms with E-state index in [1.807, 2.05) is 6.20 Å². The maximum absolute atomic E-state index is 12.1. The Morgan fingerprint density at radius 3 is 2.83 bits per heavy atom. The van der Waals surface area contributed by atoms with Gasteiger partial charge in [-0.15, -0.1) is 0 Å². The summed E-state index contributed by atoms with van der Waals surface area (Å²) in [5.74, 6) is 1.19. The molecule has 2 saturated heterocycles. The van der Waals surface area contributed by atoms with E-state index in [-0.39, 0.29) is 17.2 Å². The maximum atomic E-state index is 12.1. The number of carbonyl (C=O) groups excluding carboxylic acids is 1. The van der Waals surface area contributed by atoms with Gasteiger partial charge < -0.3 is 10.2 Å². The molecule has 2 fully saturated rings. The lowest BCUT2D eigenvalue weighted by molar-refractivity contribution is -0.120. The van der Waals surface area contributed by atoms with Gasteiger partial charge in [-0.25, -0.2) is 4.98 Å². The molecule has 0 spiro atoms. The zero-order valence-corrected chi connectivity index (χ0v) is 14.0. The molecule has 6 heteroatoms. The zero-order chi connectivity index (χ0) is 15.6. The van der Waals surface area contributed by atoms with Crippen LogP contribution in [0.25, 0.3) is 0 Å². The van der Waals surface area contributed by atoms with E-state index in [0.29, 0.717) is 0 Å². The second kappa shape index (κ2) is 6.51. The number of amides is 1. The first-order chi connectivity index (χ1) is 11.3. The fourth-order valence-electron chi connectivity index (χ4n) is 3.48. The van der Waals surface area contributed by atoms with Crippen LogP contribution in [0.2, 0.25) is 0 Å². The fourth-order valence-corrected chi connectivity index (χ4v) is 4.72. The van der Waals surface area contributed by atoms with Gasteiger partial charge in [-0.3, -0.25) is 9.79 Å². The summed E-state index contributed by atoms with van der Waals surface area (Å²) in [5.41, 5.74) is 1.04. The minimum atomic E-state index is -0.0609. The van der Waals surface area contributed by atoms with Crippen molar-refractivity contribution in [3.63, 3.8) is 0 Å². The molecular formula is C17H22N4OS. The van der Waals surface area contributed by atoms with Crippen molar-refractivity contribution in [3.05, 3.63) is 23.9 Å². The molecule has 23 heavy (non-hydrogen) atoms. The van der Waals surface area contributed by atoms with E-state index in [0.717, 1.165) is 48.9 Å². The van der Waals surface area contributed by atoms with Crippen LogP contribution in [0.5, 0.6) is 0 Å². The van der Waals surface area contributed by atoms with Crippen LogP contribution in [0.15, 0.2) is 23.3 Å². The van der Waals surface area contributed by atoms with Gasteiger partial charge in [0.05, 0.1) is 6.04 Å². The SMILES string of the molecule is O=C1NCCCC2N=C(c3ccc(N4CCCCC4)nc3)SC12. The second-order valence-corrected chi connectivity index (χ2v) is 7.56. The van der Waals surface area contributed by atoms with Gasteiger partial charge in [0.15, 0.2) is 0 Å². The molecular weight excluding hydrogens is 308 g/mol. The Kier molecular flexibility index (Phi) is 4.25. The summed E-state index contributed by atoms with van der Waals surface area (Å²) < 4.78 is 0. The Labute approximate surface area is 141 Å². The number of fused-ring (bicyclic) bond motifs is 1. The molecule has 1 aromatic heterocycles. The Morgan fingerprint density at radius 2 is 2.04 bits per heavy atom. The molecule has 2 unspecified atom stereocenters. The van der Waals surface area contributed by atoms with Gasteiger partial charge in [0.2, 0.25) is 5.91 Å². The van der Waals surface area contributed by atoms with Crippen molar-refractivity contribution in [1.82, 2.24) is 10.3 Å². The van der Waals surface area contributed by atoms with Crippen LogP contribution in [-0.4, -0.2) is 46.9 Å². The van der Waals surface area contributed by atoms with Crippen molar-refractivity contribution in [2.45, 2.75) is 43.4 Å². The van der Waals surface area contributed by atoms with Gasteiger partial charge in [0.1, 0.15) is 16.1 Å². The van der Waals surface area contributed by atoms with Crippen LogP contribution < -0.4 is 10.2 Å². The number of thioether (sulfide) groups is 1. The predicted octanol–water partition coefficient (Wildman–Crippen LogP) is 2.21. The standard InChI is InChI=1S/C17H22N4OS/c22-16-15-13(5-4-8-18-16)20-17(23-15)12-6-7-14(19-11-12)21-9-2-1-3-10-21/h6-7,11,13,15H,1-5,8-10H2,(H,18,22). The van der Waals surface area contributed by atoms with Crippen molar-refractivity contribution in [1.29, 1.82) is 0 Å². The molecule has 0 saturated carbocycles. The van der Waals surface area contributed by atoms with Crippen LogP contribution in [-0.2, 0) is 4.79 Å². The molecule has 4 rings (SSSR count). The number of piperidine rings is 1. The average Bonchev–Trinajstić information content (AvgIpc) is 2.96. The number of rotatable bonds is 2. The van der Waals surface area contributed by atoms with E-state index in [1.54, 1.807) is 11.8 Å². The quantitative estimate of drug-likeness (QED) is 0.903. The number of aliphatic imine (C=N–C) groups is 1. The third-order valence-electron chi connectivity index (χ3n) is 4.78. The summed E-state index contributed by atoms with van der Waals surface area (Å²) in [4.78, 5) is 23.9. The molecule has 5 nitrogen and oxygen atoms in total. The van der Waals surface area contributed by atoms with Gasteiger partial charge >= 0.3 is 0 Å². The molecule has 2 atom stereocenters. The minimum Gasteiger partial charge on any atom is -0.357 e. The molecule has 4 heterocycles. The molecule has 3 aliphatic heterocycles. The topological polar surface area (TPSA) is 57.6 Å². The smallest absolute Gasteiger partial charge is 0.235 e. The number of carbonyl (C=O) groups is 1. The summed E-state index contributed by atoms with van der Waals surface area (Å²) in [6, 6.07) is 4.32. The summed E-state index contributed by atoms with van der Waals surface area (Å²) in [6.45, 7) is 2.99. The normalized spacial score (nSPS) is 27.9. The Balaban J connectivity index is 1.50. The number of nitrogens with one attached hydrogen (secondary N) is 1. The molecule has 1 N–H and O–H groups in total. The zero-order valence-electron chi connectivity index (χ0n) is 13.2. The van der Waals surface area contributed by atoms with E-state index in [4.69, 9.17) is 4.99 Å². The first-order valence-corrected chi connectivity index (χ1v) is 9.43. The van der Waals surface area contributed by atoms with E-state index in [2.05, 4.69) is 27.3 Å². The fraction of sp³-hybridized carbons (Fsp3) is 0.588. The molecule has 0 bridgehead atoms. The highest BCUT2D eigenvalue weighted by molar-refractivity contribution is 8.15. The third kappa shape index (κ3) is 3.09. The molecule has 1 aromatic rings. The highest BCUT2D eigenvalue weighted by Gasteiger charge is 2.37. The van der Waals surface area contributed by atoms with Gasteiger partial charge in [0, 0.05) is 31.4 Å². The number of nitrogens with zero attached hydrogens (tertiary/aromatic N) is 3. The van der Waals surface area contributed by atoms with Crippen LogP contribution in [0, 0.1) is 0 Å². The van der Waals surface area contributed by atoms with Gasteiger partial charge in [-0.1, -0.05) is 11.8 Å². The largest absolute Gasteiger partial charge is 0.357 e. The average molecular weight is 330 g/mol. The van der Waals surface area contributed by atoms with Crippen molar-refractivity contribution in [2.75, 3.05) is 24.5 Å². The highest BCUT2D eigenvalue weighted by atomic mass is 32.2. The van der Waals surface area contributed by atoms with Gasteiger partial charge in [0.25, 0.3) is 0 Å². The van der Waals surface area contributed by atoms with Crippen LogP contribution in [0.1, 0.15) is 37.7 Å². The molecule has 0 aromatic carbocycles. The first-order valence-electron chi connectivity index (χ1n) is 8.55. The highest BCUT2D eigenvalue weighted by Crippen LogP contribution is 2.34. The number of hydrogen-bond acceptors (Lipinski definition) is 5. The van der Waals surface area contributed by atoms with Crippen molar-refractivity contribution >= 4 is 28.5 Å². The van der Waals surface area contributed by atoms with E-state index in [1.165, 1.54) is 19.3 Å². The molecule has 1 amide bonds. The van der Waals surface area contributed by atoms with Crippen molar-refractivity contribution in [2.24, 2.45) is 4.99 Å². The lowest BCUT2D eigenvalue weighted by Crippen LogP contribution is -2.34. The van der Waals surface area contributed by atoms with E-state index in [9.17, 15) is 4.79 Å². The van der Waals surface area contributed by atoms with Crippen molar-refractivity contribution in [3.8, 4) is 0 Å². The van der Waals surface area contributed by atoms with E-state index < -0.39 is 0 Å². The molecule has 0 radical (unpaired) electrons. The van der Waals surface area contributed by atoms with Gasteiger partial charge in [-0.05, 0) is 44.2 Å². The number of aromatic nitrogens is 1. The summed E-state index contributed by atoms with van der Waals surface area (Å²) in [5, 5.41) is 3.89. The number of pyridine rings is 1. The van der Waals surface area contributed by atoms with Crippen LogP contribution in [0.4, 0.5) is 5.82 Å². The Hall–Kier alpha value is -1.56. The van der Waals surface area contributed by atoms with Crippen LogP contribution in [0.3, 0.4) is 0 Å². The lowest BCUT2D eigenvalue weighted by atomic mass is 10.1. The number of anilines is 1. The Bertz CT molecular complexity index is 610. The van der Waals surface area contributed by atoms with Crippen LogP contribution >= 0.6 is 11.8 Å². The monoisotopic (exact) mass is 330 g/mol. The third-order valence-corrected chi connectivity index (χ3v) is 6.13. The molecule has 0 aliphatic carbocycles. The predicted molar refractivity (Wildman–Crippen MR) is 94.2 cm³/mol. The maximum Gasteiger partial charge on any atom is 0.235 e. The Morgan fingerprint density at radius 1 is 1.17 bits per heavy atom. The molecule has 122 valence electrons. The lowest BCUT2D eigenvalue weighted by Gasteiger charge is -2.27. The summed E-state index contributed by atoms with van der Waals surface area (Å²) in [6.07, 6.45) is 7.75. The van der Waals surface area contributed by atoms with Gasteiger partial charge in [-0.2, -0.15) is 0 Å². The summed E-state index contributed by atoms with van der Waals surface area (Å²) >= 11 is 1.59. The summed E-state index contributed by atoms with van der Waals surface area (Å²) in [7, 11) is 0. The van der Waals surface area contributed by atoms with Crippen molar-refractivity contribution < 1.29 is 4.79 Å².